The molecule has 0 unspecified atom stereocenters. The predicted molar refractivity (Wildman–Crippen MR) is 113 cm³/mol. The van der Waals surface area contributed by atoms with Gasteiger partial charge in [-0.1, -0.05) is 48.5 Å². The standard InChI is InChI=1S/C21H16N2O3S2/c1-13(26-20(25)18-11-15-9-5-6-10-17(15)28-18)19(24)23-21-22-16(12-27-21)14-7-3-2-4-8-14/h2-13H,1H3,(H,22,23,24)/t13-/m1/s1. The molecule has 140 valence electrons. The summed E-state index contributed by atoms with van der Waals surface area (Å²) in [5.74, 6) is -0.920. The van der Waals surface area contributed by atoms with E-state index in [0.717, 1.165) is 21.3 Å². The second-order valence-electron chi connectivity index (χ2n) is 6.09. The van der Waals surface area contributed by atoms with Crippen molar-refractivity contribution in [2.45, 2.75) is 13.0 Å². The zero-order valence-electron chi connectivity index (χ0n) is 14.9. The smallest absolute Gasteiger partial charge is 0.349 e. The van der Waals surface area contributed by atoms with Gasteiger partial charge in [-0.2, -0.15) is 0 Å². The number of rotatable bonds is 5. The highest BCUT2D eigenvalue weighted by atomic mass is 32.1. The molecule has 2 heterocycles. The molecule has 4 rings (SSSR count). The molecule has 1 N–H and O–H groups in total. The highest BCUT2D eigenvalue weighted by molar-refractivity contribution is 7.20. The molecule has 0 aliphatic rings. The fourth-order valence-electron chi connectivity index (χ4n) is 2.63. The van der Waals surface area contributed by atoms with Crippen molar-refractivity contribution in [1.82, 2.24) is 4.98 Å². The molecular weight excluding hydrogens is 392 g/mol. The largest absolute Gasteiger partial charge is 0.448 e. The zero-order valence-corrected chi connectivity index (χ0v) is 16.5. The SMILES string of the molecule is C[C@@H](OC(=O)c1cc2ccccc2s1)C(=O)Nc1nc(-c2ccccc2)cs1. The van der Waals surface area contributed by atoms with E-state index in [1.807, 2.05) is 60.0 Å². The lowest BCUT2D eigenvalue weighted by atomic mass is 10.2. The van der Waals surface area contributed by atoms with Gasteiger partial charge >= 0.3 is 5.97 Å². The van der Waals surface area contributed by atoms with Crippen molar-refractivity contribution in [1.29, 1.82) is 0 Å². The number of ether oxygens (including phenoxy) is 1. The van der Waals surface area contributed by atoms with Crippen LogP contribution in [0.25, 0.3) is 21.3 Å². The molecule has 5 nitrogen and oxygen atoms in total. The lowest BCUT2D eigenvalue weighted by Gasteiger charge is -2.11. The van der Waals surface area contributed by atoms with Gasteiger partial charge in [-0.15, -0.1) is 22.7 Å². The van der Waals surface area contributed by atoms with Crippen LogP contribution in [0.2, 0.25) is 0 Å². The van der Waals surface area contributed by atoms with Gasteiger partial charge in [-0.05, 0) is 24.4 Å². The molecule has 0 spiro atoms. The topological polar surface area (TPSA) is 68.3 Å². The number of nitrogens with zero attached hydrogens (tertiary/aromatic N) is 1. The number of thiophene rings is 1. The maximum absolute atomic E-state index is 12.4. The Bertz CT molecular complexity index is 1100. The molecule has 0 radical (unpaired) electrons. The normalized spacial score (nSPS) is 11.9. The first kappa shape index (κ1) is 18.3. The molecule has 0 fully saturated rings. The van der Waals surface area contributed by atoms with Crippen molar-refractivity contribution in [3.8, 4) is 11.3 Å². The monoisotopic (exact) mass is 408 g/mol. The summed E-state index contributed by atoms with van der Waals surface area (Å²) < 4.78 is 6.33. The van der Waals surface area contributed by atoms with E-state index in [-0.39, 0.29) is 0 Å². The Morgan fingerprint density at radius 1 is 1.07 bits per heavy atom. The van der Waals surface area contributed by atoms with E-state index in [2.05, 4.69) is 10.3 Å². The van der Waals surface area contributed by atoms with Crippen LogP contribution in [0, 0.1) is 0 Å². The van der Waals surface area contributed by atoms with Crippen LogP contribution in [0.5, 0.6) is 0 Å². The fraction of sp³-hybridized carbons (Fsp3) is 0.0952. The average molecular weight is 409 g/mol. The van der Waals surface area contributed by atoms with Gasteiger partial charge in [-0.25, -0.2) is 9.78 Å². The molecule has 2 aromatic heterocycles. The van der Waals surface area contributed by atoms with Crippen LogP contribution in [0.15, 0.2) is 66.0 Å². The summed E-state index contributed by atoms with van der Waals surface area (Å²) in [6.45, 7) is 1.55. The van der Waals surface area contributed by atoms with Crippen LogP contribution in [0.3, 0.4) is 0 Å². The molecule has 7 heteroatoms. The van der Waals surface area contributed by atoms with Gasteiger partial charge in [-0.3, -0.25) is 10.1 Å². The highest BCUT2D eigenvalue weighted by Gasteiger charge is 2.21. The van der Waals surface area contributed by atoms with Crippen molar-refractivity contribution in [3.63, 3.8) is 0 Å². The molecule has 28 heavy (non-hydrogen) atoms. The highest BCUT2D eigenvalue weighted by Crippen LogP contribution is 2.27. The first-order valence-electron chi connectivity index (χ1n) is 8.61. The van der Waals surface area contributed by atoms with Crippen LogP contribution in [-0.2, 0) is 9.53 Å². The predicted octanol–water partition coefficient (Wildman–Crippen LogP) is 5.21. The molecule has 0 saturated carbocycles. The number of fused-ring (bicyclic) bond motifs is 1. The minimum Gasteiger partial charge on any atom is -0.448 e. The van der Waals surface area contributed by atoms with Gasteiger partial charge < -0.3 is 4.74 Å². The molecular formula is C21H16N2O3S2. The van der Waals surface area contributed by atoms with Gasteiger partial charge in [0, 0.05) is 15.6 Å². The number of hydrogen-bond donors (Lipinski definition) is 1. The van der Waals surface area contributed by atoms with E-state index >= 15 is 0 Å². The minimum atomic E-state index is -0.929. The average Bonchev–Trinajstić information content (AvgIpc) is 3.35. The number of amides is 1. The molecule has 4 aromatic rings. The van der Waals surface area contributed by atoms with Crippen LogP contribution >= 0.6 is 22.7 Å². The number of esters is 1. The number of hydrogen-bond acceptors (Lipinski definition) is 6. The molecule has 0 bridgehead atoms. The first-order chi connectivity index (χ1) is 13.6. The van der Waals surface area contributed by atoms with Gasteiger partial charge in [0.15, 0.2) is 11.2 Å². The number of carbonyl (C=O) groups excluding carboxylic acids is 2. The first-order valence-corrected chi connectivity index (χ1v) is 10.3. The molecule has 2 aromatic carbocycles. The Kier molecular flexibility index (Phi) is 5.18. The van der Waals surface area contributed by atoms with Crippen LogP contribution in [0.4, 0.5) is 5.13 Å². The van der Waals surface area contributed by atoms with E-state index in [1.54, 1.807) is 13.0 Å². The van der Waals surface area contributed by atoms with E-state index in [9.17, 15) is 9.59 Å². The molecule has 0 aliphatic carbocycles. The van der Waals surface area contributed by atoms with Crippen molar-refractivity contribution < 1.29 is 14.3 Å². The van der Waals surface area contributed by atoms with Gasteiger partial charge in [0.25, 0.3) is 5.91 Å². The lowest BCUT2D eigenvalue weighted by Crippen LogP contribution is -2.29. The summed E-state index contributed by atoms with van der Waals surface area (Å²) in [6.07, 6.45) is -0.929. The molecule has 1 amide bonds. The van der Waals surface area contributed by atoms with Crippen molar-refractivity contribution in [2.24, 2.45) is 0 Å². The minimum absolute atomic E-state index is 0.413. The van der Waals surface area contributed by atoms with Gasteiger partial charge in [0.1, 0.15) is 4.88 Å². The van der Waals surface area contributed by atoms with Crippen molar-refractivity contribution in [2.75, 3.05) is 5.32 Å². The van der Waals surface area contributed by atoms with Crippen LogP contribution in [-0.4, -0.2) is 23.0 Å². The Hall–Kier alpha value is -3.03. The quantitative estimate of drug-likeness (QED) is 0.460. The Labute approximate surface area is 169 Å². The van der Waals surface area contributed by atoms with Crippen LogP contribution < -0.4 is 5.32 Å². The van der Waals surface area contributed by atoms with E-state index < -0.39 is 18.0 Å². The third kappa shape index (κ3) is 3.95. The number of anilines is 1. The maximum Gasteiger partial charge on any atom is 0.349 e. The number of benzene rings is 2. The molecule has 0 aliphatic heterocycles. The second-order valence-corrected chi connectivity index (χ2v) is 8.03. The fourth-order valence-corrected chi connectivity index (χ4v) is 4.30. The number of nitrogens with one attached hydrogen (secondary N) is 1. The number of thiazole rings is 1. The van der Waals surface area contributed by atoms with E-state index in [4.69, 9.17) is 4.74 Å². The third-order valence-corrected chi connectivity index (χ3v) is 5.94. The Morgan fingerprint density at radius 3 is 2.61 bits per heavy atom. The van der Waals surface area contributed by atoms with Crippen molar-refractivity contribution >= 4 is 49.8 Å². The summed E-state index contributed by atoms with van der Waals surface area (Å²) in [6, 6.07) is 19.2. The summed E-state index contributed by atoms with van der Waals surface area (Å²) in [5, 5.41) is 6.03. The van der Waals surface area contributed by atoms with E-state index in [1.165, 1.54) is 22.7 Å². The zero-order chi connectivity index (χ0) is 19.5. The maximum atomic E-state index is 12.4. The van der Waals surface area contributed by atoms with Gasteiger partial charge in [0.05, 0.1) is 5.69 Å². The number of aromatic nitrogens is 1. The summed E-state index contributed by atoms with van der Waals surface area (Å²) in [5.41, 5.74) is 1.76. The van der Waals surface area contributed by atoms with E-state index in [0.29, 0.717) is 10.0 Å². The summed E-state index contributed by atoms with van der Waals surface area (Å²) >= 11 is 2.67. The summed E-state index contributed by atoms with van der Waals surface area (Å²) in [4.78, 5) is 29.6. The number of carbonyl (C=O) groups is 2. The van der Waals surface area contributed by atoms with Crippen LogP contribution in [0.1, 0.15) is 16.6 Å². The van der Waals surface area contributed by atoms with Crippen molar-refractivity contribution in [3.05, 3.63) is 70.9 Å². The lowest BCUT2D eigenvalue weighted by molar-refractivity contribution is -0.123. The third-order valence-electron chi connectivity index (χ3n) is 4.08. The second kappa shape index (κ2) is 7.92. The Balaban J connectivity index is 1.39. The Morgan fingerprint density at radius 2 is 1.82 bits per heavy atom. The van der Waals surface area contributed by atoms with Gasteiger partial charge in [0.2, 0.25) is 0 Å². The summed E-state index contributed by atoms with van der Waals surface area (Å²) in [7, 11) is 0. The molecule has 1 atom stereocenters. The molecule has 0 saturated heterocycles.